The molecule has 2 aromatic rings. The monoisotopic (exact) mass is 366 g/mol. The van der Waals surface area contributed by atoms with E-state index in [1.54, 1.807) is 11.4 Å². The maximum atomic E-state index is 12.4. The molecule has 0 aliphatic carbocycles. The summed E-state index contributed by atoms with van der Waals surface area (Å²) in [6, 6.07) is 10.6. The van der Waals surface area contributed by atoms with Crippen molar-refractivity contribution in [1.29, 1.82) is 0 Å². The van der Waals surface area contributed by atoms with Crippen molar-refractivity contribution in [3.8, 4) is 5.75 Å². The van der Waals surface area contributed by atoms with Gasteiger partial charge in [-0.2, -0.15) is 4.31 Å². The van der Waals surface area contributed by atoms with E-state index in [1.807, 2.05) is 24.3 Å². The number of ether oxygens (including phenoxy) is 1. The minimum Gasteiger partial charge on any atom is -0.493 e. The molecule has 0 radical (unpaired) electrons. The quantitative estimate of drug-likeness (QED) is 0.878. The second-order valence-corrected chi connectivity index (χ2v) is 8.71. The van der Waals surface area contributed by atoms with Gasteiger partial charge < -0.3 is 10.1 Å². The minimum absolute atomic E-state index is 0.166. The van der Waals surface area contributed by atoms with Crippen molar-refractivity contribution in [2.24, 2.45) is 0 Å². The average molecular weight is 366 g/mol. The fourth-order valence-electron chi connectivity index (χ4n) is 2.58. The van der Waals surface area contributed by atoms with Crippen LogP contribution in [0, 0.1) is 0 Å². The summed E-state index contributed by atoms with van der Waals surface area (Å²) in [5.41, 5.74) is 0.917. The Kier molecular flexibility index (Phi) is 4.88. The highest BCUT2D eigenvalue weighted by Gasteiger charge is 2.27. The summed E-state index contributed by atoms with van der Waals surface area (Å²) >= 11 is 1.13. The van der Waals surface area contributed by atoms with Gasteiger partial charge >= 0.3 is 0 Å². The second kappa shape index (κ2) is 6.92. The SMILES string of the molecule is CN(CC(=O)NC1CCOc2ccccc21)S(=O)(=O)c1cccs1. The standard InChI is InChI=1S/C16H18N2O4S2/c1-18(24(20,21)16-7-4-10-23-16)11-15(19)17-13-8-9-22-14-6-3-2-5-12(13)14/h2-7,10,13H,8-9,11H2,1H3,(H,17,19). The topological polar surface area (TPSA) is 75.7 Å². The number of benzene rings is 1. The first-order valence-corrected chi connectivity index (χ1v) is 9.81. The zero-order valence-corrected chi connectivity index (χ0v) is 14.8. The van der Waals surface area contributed by atoms with E-state index in [0.29, 0.717) is 13.0 Å². The lowest BCUT2D eigenvalue weighted by Crippen LogP contribution is -2.40. The van der Waals surface area contributed by atoms with Crippen LogP contribution in [0.2, 0.25) is 0 Å². The molecule has 1 N–H and O–H groups in total. The fourth-order valence-corrected chi connectivity index (χ4v) is 4.91. The van der Waals surface area contributed by atoms with Gasteiger partial charge in [-0.05, 0) is 17.5 Å². The highest BCUT2D eigenvalue weighted by atomic mass is 32.2. The van der Waals surface area contributed by atoms with Gasteiger partial charge in [-0.1, -0.05) is 24.3 Å². The highest BCUT2D eigenvalue weighted by Crippen LogP contribution is 2.31. The van der Waals surface area contributed by atoms with E-state index in [0.717, 1.165) is 27.0 Å². The normalized spacial score (nSPS) is 17.2. The van der Waals surface area contributed by atoms with Crippen LogP contribution in [0.1, 0.15) is 18.0 Å². The maximum Gasteiger partial charge on any atom is 0.252 e. The third-order valence-electron chi connectivity index (χ3n) is 3.82. The lowest BCUT2D eigenvalue weighted by molar-refractivity contribution is -0.122. The van der Waals surface area contributed by atoms with Gasteiger partial charge in [0.05, 0.1) is 19.2 Å². The van der Waals surface area contributed by atoms with Gasteiger partial charge in [0, 0.05) is 19.0 Å². The number of likely N-dealkylation sites (N-methyl/N-ethyl adjacent to an activating group) is 1. The Hall–Kier alpha value is -1.90. The number of amides is 1. The molecule has 1 aliphatic rings. The third kappa shape index (κ3) is 3.45. The number of nitrogens with zero attached hydrogens (tertiary/aromatic N) is 1. The molecule has 6 nitrogen and oxygen atoms in total. The number of sulfonamides is 1. The molecule has 0 fully saturated rings. The Morgan fingerprint density at radius 1 is 1.33 bits per heavy atom. The van der Waals surface area contributed by atoms with Gasteiger partial charge in [0.2, 0.25) is 5.91 Å². The van der Waals surface area contributed by atoms with Crippen LogP contribution >= 0.6 is 11.3 Å². The molecule has 1 aromatic carbocycles. The van der Waals surface area contributed by atoms with Crippen molar-refractivity contribution in [1.82, 2.24) is 9.62 Å². The van der Waals surface area contributed by atoms with Crippen LogP contribution in [-0.2, 0) is 14.8 Å². The van der Waals surface area contributed by atoms with E-state index in [1.165, 1.54) is 13.1 Å². The third-order valence-corrected chi connectivity index (χ3v) is 7.00. The van der Waals surface area contributed by atoms with Crippen LogP contribution in [0.4, 0.5) is 0 Å². The number of para-hydroxylation sites is 1. The van der Waals surface area contributed by atoms with E-state index in [4.69, 9.17) is 4.74 Å². The fraction of sp³-hybridized carbons (Fsp3) is 0.312. The maximum absolute atomic E-state index is 12.4. The zero-order chi connectivity index (χ0) is 17.2. The predicted octanol–water partition coefficient (Wildman–Crippen LogP) is 2.01. The minimum atomic E-state index is -3.63. The van der Waals surface area contributed by atoms with Crippen molar-refractivity contribution in [3.05, 3.63) is 47.3 Å². The van der Waals surface area contributed by atoms with E-state index < -0.39 is 10.0 Å². The van der Waals surface area contributed by atoms with Gasteiger partial charge in [0.15, 0.2) is 0 Å². The number of fused-ring (bicyclic) bond motifs is 1. The highest BCUT2D eigenvalue weighted by molar-refractivity contribution is 7.91. The number of hydrogen-bond acceptors (Lipinski definition) is 5. The summed E-state index contributed by atoms with van der Waals surface area (Å²) < 4.78 is 31.6. The van der Waals surface area contributed by atoms with Crippen LogP contribution in [0.3, 0.4) is 0 Å². The van der Waals surface area contributed by atoms with Gasteiger partial charge in [0.1, 0.15) is 9.96 Å². The van der Waals surface area contributed by atoms with Crippen molar-refractivity contribution in [2.75, 3.05) is 20.2 Å². The molecule has 0 bridgehead atoms. The van der Waals surface area contributed by atoms with Crippen molar-refractivity contribution in [3.63, 3.8) is 0 Å². The Bertz CT molecular complexity index is 818. The first kappa shape index (κ1) is 16.9. The molecule has 1 atom stereocenters. The lowest BCUT2D eigenvalue weighted by atomic mass is 10.0. The van der Waals surface area contributed by atoms with E-state index in [2.05, 4.69) is 5.32 Å². The number of carbonyl (C=O) groups is 1. The van der Waals surface area contributed by atoms with Crippen LogP contribution < -0.4 is 10.1 Å². The molecule has 1 unspecified atom stereocenters. The molecule has 3 rings (SSSR count). The second-order valence-electron chi connectivity index (χ2n) is 5.49. The molecule has 24 heavy (non-hydrogen) atoms. The molecule has 8 heteroatoms. The van der Waals surface area contributed by atoms with E-state index >= 15 is 0 Å². The molecule has 128 valence electrons. The van der Waals surface area contributed by atoms with Gasteiger partial charge in [-0.25, -0.2) is 8.42 Å². The van der Waals surface area contributed by atoms with Crippen molar-refractivity contribution < 1.29 is 17.9 Å². The molecule has 0 saturated carbocycles. The van der Waals surface area contributed by atoms with Crippen LogP contribution in [-0.4, -0.2) is 38.8 Å². The number of carbonyl (C=O) groups excluding carboxylic acids is 1. The molecule has 0 saturated heterocycles. The molecule has 1 aromatic heterocycles. The summed E-state index contributed by atoms with van der Waals surface area (Å²) in [5.74, 6) is 0.424. The summed E-state index contributed by atoms with van der Waals surface area (Å²) in [4.78, 5) is 12.3. The Labute approximate surface area is 145 Å². The smallest absolute Gasteiger partial charge is 0.252 e. The number of rotatable bonds is 5. The summed E-state index contributed by atoms with van der Waals surface area (Å²) in [5, 5.41) is 4.60. The van der Waals surface area contributed by atoms with Crippen LogP contribution in [0.25, 0.3) is 0 Å². The largest absolute Gasteiger partial charge is 0.493 e. The first-order chi connectivity index (χ1) is 11.5. The molecule has 2 heterocycles. The Balaban J connectivity index is 1.67. The number of hydrogen-bond donors (Lipinski definition) is 1. The Morgan fingerprint density at radius 2 is 2.12 bits per heavy atom. The zero-order valence-electron chi connectivity index (χ0n) is 13.1. The van der Waals surface area contributed by atoms with Gasteiger partial charge in [-0.3, -0.25) is 4.79 Å². The predicted molar refractivity (Wildman–Crippen MR) is 91.6 cm³/mol. The summed E-state index contributed by atoms with van der Waals surface area (Å²) in [6.45, 7) is 0.297. The van der Waals surface area contributed by atoms with Gasteiger partial charge in [0.25, 0.3) is 10.0 Å². The van der Waals surface area contributed by atoms with E-state index in [9.17, 15) is 13.2 Å². The molecule has 1 aliphatic heterocycles. The summed E-state index contributed by atoms with van der Waals surface area (Å²) in [7, 11) is -2.22. The van der Waals surface area contributed by atoms with Gasteiger partial charge in [-0.15, -0.1) is 11.3 Å². The lowest BCUT2D eigenvalue weighted by Gasteiger charge is -2.27. The molecule has 1 amide bonds. The average Bonchev–Trinajstić information content (AvgIpc) is 3.10. The van der Waals surface area contributed by atoms with Crippen molar-refractivity contribution >= 4 is 27.3 Å². The van der Waals surface area contributed by atoms with Crippen LogP contribution in [0.15, 0.2) is 46.0 Å². The molecular formula is C16H18N2O4S2. The molecular weight excluding hydrogens is 348 g/mol. The van der Waals surface area contributed by atoms with E-state index in [-0.39, 0.29) is 22.7 Å². The summed E-state index contributed by atoms with van der Waals surface area (Å²) in [6.07, 6.45) is 0.657. The molecule has 0 spiro atoms. The first-order valence-electron chi connectivity index (χ1n) is 7.49. The number of thiophene rings is 1. The van der Waals surface area contributed by atoms with Crippen molar-refractivity contribution in [2.45, 2.75) is 16.7 Å². The Morgan fingerprint density at radius 3 is 2.88 bits per heavy atom. The number of nitrogens with one attached hydrogen (secondary N) is 1. The van der Waals surface area contributed by atoms with Crippen LogP contribution in [0.5, 0.6) is 5.75 Å².